The van der Waals surface area contributed by atoms with Crippen molar-refractivity contribution in [2.45, 2.75) is 38.8 Å². The Morgan fingerprint density at radius 3 is 2.70 bits per heavy atom. The topological polar surface area (TPSA) is 71.5 Å². The molecule has 1 unspecified atom stereocenters. The largest absolute Gasteiger partial charge is 0.444 e. The van der Waals surface area contributed by atoms with E-state index in [1.54, 1.807) is 29.2 Å². The highest BCUT2D eigenvalue weighted by atomic mass is 35.5. The van der Waals surface area contributed by atoms with Crippen LogP contribution in [0.1, 0.15) is 27.2 Å². The number of ether oxygens (including phenoxy) is 1. The smallest absolute Gasteiger partial charge is 0.410 e. The van der Waals surface area contributed by atoms with Crippen molar-refractivity contribution in [2.24, 2.45) is 0 Å². The molecule has 10 heteroatoms. The number of nitrogens with zero attached hydrogens (tertiary/aromatic N) is 5. The number of hydrogen-bond donors (Lipinski definition) is 0. The summed E-state index contributed by atoms with van der Waals surface area (Å²) in [5.41, 5.74) is -0.0905. The van der Waals surface area contributed by atoms with Crippen molar-refractivity contribution >= 4 is 45.2 Å². The van der Waals surface area contributed by atoms with E-state index in [0.29, 0.717) is 47.1 Å². The second kappa shape index (κ2) is 9.37. The fourth-order valence-corrected chi connectivity index (χ4v) is 4.95. The number of anilines is 1. The molecule has 192 valence electrons. The zero-order chi connectivity index (χ0) is 26.5. The number of likely N-dealkylation sites (tertiary alicyclic amines) is 1. The molecular formula is C27H26ClF2N5O2. The van der Waals surface area contributed by atoms with Crippen molar-refractivity contribution < 1.29 is 18.3 Å². The maximum Gasteiger partial charge on any atom is 0.410 e. The molecule has 0 saturated carbocycles. The van der Waals surface area contributed by atoms with E-state index in [-0.39, 0.29) is 28.4 Å². The van der Waals surface area contributed by atoms with Gasteiger partial charge in [-0.2, -0.15) is 0 Å². The number of carbonyl (C=O) groups is 1. The van der Waals surface area contributed by atoms with Gasteiger partial charge in [0.2, 0.25) is 0 Å². The van der Waals surface area contributed by atoms with Gasteiger partial charge in [0.05, 0.1) is 10.4 Å². The number of fused-ring (bicyclic) bond motifs is 2. The van der Waals surface area contributed by atoms with Crippen LogP contribution in [0.4, 0.5) is 19.4 Å². The first kappa shape index (κ1) is 25.1. The summed E-state index contributed by atoms with van der Waals surface area (Å²) in [6.45, 7) is 6.48. The Labute approximate surface area is 218 Å². The fourth-order valence-electron chi connectivity index (χ4n) is 4.68. The highest BCUT2D eigenvalue weighted by Crippen LogP contribution is 2.37. The molecule has 1 amide bonds. The number of likely N-dealkylation sites (N-methyl/N-ethyl adjacent to an activating group) is 1. The number of carbonyl (C=O) groups excluding carboxylic acids is 1. The Hall–Kier alpha value is -3.59. The van der Waals surface area contributed by atoms with E-state index >= 15 is 4.39 Å². The van der Waals surface area contributed by atoms with Crippen LogP contribution in [0.25, 0.3) is 32.9 Å². The van der Waals surface area contributed by atoms with Crippen LogP contribution in [0.3, 0.4) is 0 Å². The first-order chi connectivity index (χ1) is 17.5. The highest BCUT2D eigenvalue weighted by molar-refractivity contribution is 6.36. The minimum Gasteiger partial charge on any atom is -0.444 e. The monoisotopic (exact) mass is 525 g/mol. The normalized spacial score (nSPS) is 16.0. The van der Waals surface area contributed by atoms with Crippen LogP contribution >= 0.6 is 11.6 Å². The van der Waals surface area contributed by atoms with Crippen LogP contribution in [-0.4, -0.2) is 57.7 Å². The maximum absolute atomic E-state index is 15.9. The summed E-state index contributed by atoms with van der Waals surface area (Å²) in [4.78, 5) is 29.1. The van der Waals surface area contributed by atoms with Gasteiger partial charge in [-0.25, -0.2) is 23.5 Å². The molecule has 2 aromatic carbocycles. The summed E-state index contributed by atoms with van der Waals surface area (Å²) in [5, 5.41) is 1.39. The molecule has 37 heavy (non-hydrogen) atoms. The molecule has 1 saturated heterocycles. The predicted octanol–water partition coefficient (Wildman–Crippen LogP) is 6.22. The fraction of sp³-hybridized carbons (Fsp3) is 0.333. The number of halogens is 3. The van der Waals surface area contributed by atoms with Crippen molar-refractivity contribution in [1.82, 2.24) is 19.9 Å². The minimum atomic E-state index is -0.649. The molecule has 0 aliphatic carbocycles. The summed E-state index contributed by atoms with van der Waals surface area (Å²) in [6.07, 6.45) is 3.16. The third-order valence-corrected chi connectivity index (χ3v) is 6.86. The minimum absolute atomic E-state index is 0.0230. The Morgan fingerprint density at radius 1 is 1.16 bits per heavy atom. The van der Waals surface area contributed by atoms with E-state index in [4.69, 9.17) is 16.3 Å². The predicted molar refractivity (Wildman–Crippen MR) is 140 cm³/mol. The molecule has 1 aliphatic heterocycles. The lowest BCUT2D eigenvalue weighted by Crippen LogP contribution is -2.39. The van der Waals surface area contributed by atoms with Crippen LogP contribution in [0.2, 0.25) is 5.02 Å². The zero-order valence-corrected chi connectivity index (χ0v) is 21.7. The van der Waals surface area contributed by atoms with Gasteiger partial charge in [-0.3, -0.25) is 4.98 Å². The van der Waals surface area contributed by atoms with E-state index in [2.05, 4.69) is 15.0 Å². The van der Waals surface area contributed by atoms with E-state index < -0.39 is 17.2 Å². The van der Waals surface area contributed by atoms with E-state index in [1.165, 1.54) is 18.6 Å². The van der Waals surface area contributed by atoms with Gasteiger partial charge in [0.25, 0.3) is 0 Å². The van der Waals surface area contributed by atoms with Gasteiger partial charge >= 0.3 is 6.09 Å². The average Bonchev–Trinajstić information content (AvgIpc) is 3.35. The van der Waals surface area contributed by atoms with E-state index in [9.17, 15) is 9.18 Å². The van der Waals surface area contributed by atoms with Crippen molar-refractivity contribution in [3.05, 3.63) is 59.5 Å². The molecule has 0 bridgehead atoms. The summed E-state index contributed by atoms with van der Waals surface area (Å²) >= 11 is 6.27. The molecule has 1 atom stereocenters. The standard InChI is InChI=1S/C27H26ClF2N5O2/c1-27(2,3)37-26(36)35-11-10-16(13-35)34(4)25-18-12-31-23(22(30)24(18)32-14-33-25)17-7-5-6-15-8-9-19(29)21(28)20(15)17/h5-9,12,14,16H,10-11,13H2,1-4H3. The summed E-state index contributed by atoms with van der Waals surface area (Å²) < 4.78 is 35.6. The van der Waals surface area contributed by atoms with E-state index in [1.807, 2.05) is 32.7 Å². The van der Waals surface area contributed by atoms with Crippen molar-refractivity contribution in [1.29, 1.82) is 0 Å². The van der Waals surface area contributed by atoms with E-state index in [0.717, 1.165) is 0 Å². The second-order valence-corrected chi connectivity index (χ2v) is 10.5. The van der Waals surface area contributed by atoms with Crippen molar-refractivity contribution in [2.75, 3.05) is 25.0 Å². The third-order valence-electron chi connectivity index (χ3n) is 6.49. The van der Waals surface area contributed by atoms with Crippen LogP contribution in [0.15, 0.2) is 42.9 Å². The third kappa shape index (κ3) is 4.64. The van der Waals surface area contributed by atoms with Crippen LogP contribution in [-0.2, 0) is 4.74 Å². The maximum atomic E-state index is 15.9. The quantitative estimate of drug-likeness (QED) is 0.316. The molecule has 4 aromatic rings. The van der Waals surface area contributed by atoms with Gasteiger partial charge in [-0.1, -0.05) is 35.9 Å². The Morgan fingerprint density at radius 2 is 1.95 bits per heavy atom. The number of amides is 1. The van der Waals surface area contributed by atoms with Crippen LogP contribution < -0.4 is 4.90 Å². The molecule has 0 N–H and O–H groups in total. The molecule has 1 aliphatic rings. The molecule has 0 spiro atoms. The molecule has 1 fully saturated rings. The molecular weight excluding hydrogens is 500 g/mol. The highest BCUT2D eigenvalue weighted by Gasteiger charge is 2.33. The lowest BCUT2D eigenvalue weighted by atomic mass is 10.0. The molecule has 3 heterocycles. The molecule has 5 rings (SSSR count). The summed E-state index contributed by atoms with van der Waals surface area (Å²) in [7, 11) is 1.85. The van der Waals surface area contributed by atoms with Crippen LogP contribution in [0.5, 0.6) is 0 Å². The first-order valence-corrected chi connectivity index (χ1v) is 12.3. The van der Waals surface area contributed by atoms with Gasteiger partial charge in [0, 0.05) is 43.3 Å². The second-order valence-electron chi connectivity index (χ2n) is 10.1. The van der Waals surface area contributed by atoms with Gasteiger partial charge in [-0.05, 0) is 38.6 Å². The summed E-state index contributed by atoms with van der Waals surface area (Å²) in [6, 6.07) is 8.00. The number of hydrogen-bond acceptors (Lipinski definition) is 6. The Bertz CT molecular complexity index is 1520. The Kier molecular flexibility index (Phi) is 6.35. The molecule has 0 radical (unpaired) electrons. The summed E-state index contributed by atoms with van der Waals surface area (Å²) in [5.74, 6) is -0.740. The number of rotatable bonds is 3. The van der Waals surface area contributed by atoms with Gasteiger partial charge < -0.3 is 14.5 Å². The Balaban J connectivity index is 1.50. The molecule has 2 aromatic heterocycles. The van der Waals surface area contributed by atoms with Crippen molar-refractivity contribution in [3.8, 4) is 11.3 Å². The van der Waals surface area contributed by atoms with Gasteiger partial charge in [0.1, 0.15) is 34.8 Å². The van der Waals surface area contributed by atoms with Gasteiger partial charge in [-0.15, -0.1) is 0 Å². The molecule has 7 nitrogen and oxygen atoms in total. The van der Waals surface area contributed by atoms with Crippen LogP contribution in [0, 0.1) is 11.6 Å². The number of aromatic nitrogens is 3. The van der Waals surface area contributed by atoms with Crippen molar-refractivity contribution in [3.63, 3.8) is 0 Å². The van der Waals surface area contributed by atoms with Gasteiger partial charge in [0.15, 0.2) is 5.82 Å². The zero-order valence-electron chi connectivity index (χ0n) is 20.9. The number of pyridine rings is 1. The SMILES string of the molecule is CN(c1ncnc2c(F)c(-c3cccc4ccc(F)c(Cl)c34)ncc12)C1CCN(C(=O)OC(C)(C)C)C1. The average molecular weight is 526 g/mol. The first-order valence-electron chi connectivity index (χ1n) is 11.9. The number of benzene rings is 2. The lowest BCUT2D eigenvalue weighted by molar-refractivity contribution is 0.0292. The lowest BCUT2D eigenvalue weighted by Gasteiger charge is -2.28.